The number of hydrogen-bond donors (Lipinski definition) is 1. The second kappa shape index (κ2) is 4.37. The van der Waals surface area contributed by atoms with Crippen molar-refractivity contribution in [3.05, 3.63) is 53.6 Å². The van der Waals surface area contributed by atoms with Gasteiger partial charge in [-0.3, -0.25) is 4.79 Å². The minimum absolute atomic E-state index is 0.00549. The first-order valence-corrected chi connectivity index (χ1v) is 6.68. The molecule has 3 nitrogen and oxygen atoms in total. The van der Waals surface area contributed by atoms with Gasteiger partial charge in [0.15, 0.2) is 5.75 Å². The molecule has 0 spiro atoms. The van der Waals surface area contributed by atoms with Gasteiger partial charge < -0.3 is 10.1 Å². The number of hydrogen-bond acceptors (Lipinski definition) is 2. The van der Waals surface area contributed by atoms with Crippen molar-refractivity contribution in [2.45, 2.75) is 26.2 Å². The Morgan fingerprint density at radius 1 is 1.00 bits per heavy atom. The van der Waals surface area contributed by atoms with Gasteiger partial charge in [-0.05, 0) is 35.2 Å². The average Bonchev–Trinajstić information content (AvgIpc) is 2.53. The van der Waals surface area contributed by atoms with Crippen molar-refractivity contribution >= 4 is 11.6 Å². The van der Waals surface area contributed by atoms with E-state index in [0.717, 1.165) is 5.56 Å². The highest BCUT2D eigenvalue weighted by molar-refractivity contribution is 6.08. The Labute approximate surface area is 118 Å². The molecule has 3 rings (SSSR count). The molecule has 1 aliphatic rings. The monoisotopic (exact) mass is 267 g/mol. The van der Waals surface area contributed by atoms with Crippen LogP contribution in [-0.2, 0) is 5.41 Å². The van der Waals surface area contributed by atoms with Gasteiger partial charge in [-0.1, -0.05) is 39.0 Å². The molecule has 0 radical (unpaired) electrons. The van der Waals surface area contributed by atoms with Crippen molar-refractivity contribution in [2.24, 2.45) is 0 Å². The lowest BCUT2D eigenvalue weighted by Crippen LogP contribution is -2.15. The highest BCUT2D eigenvalue weighted by Crippen LogP contribution is 2.37. The van der Waals surface area contributed by atoms with E-state index < -0.39 is 0 Å². The summed E-state index contributed by atoms with van der Waals surface area (Å²) >= 11 is 0. The Balaban J connectivity index is 2.11. The van der Waals surface area contributed by atoms with Crippen LogP contribution >= 0.6 is 0 Å². The van der Waals surface area contributed by atoms with E-state index in [9.17, 15) is 4.79 Å². The van der Waals surface area contributed by atoms with Gasteiger partial charge >= 0.3 is 0 Å². The van der Waals surface area contributed by atoms with E-state index in [0.29, 0.717) is 22.7 Å². The number of carbonyl (C=O) groups excluding carboxylic acids is 1. The number of benzene rings is 2. The van der Waals surface area contributed by atoms with E-state index in [4.69, 9.17) is 4.74 Å². The predicted octanol–water partition coefficient (Wildman–Crippen LogP) is 4.34. The number of anilines is 1. The molecule has 1 aliphatic heterocycles. The zero-order chi connectivity index (χ0) is 14.3. The summed E-state index contributed by atoms with van der Waals surface area (Å²) in [5.41, 5.74) is 2.38. The minimum atomic E-state index is -0.129. The van der Waals surface area contributed by atoms with E-state index in [-0.39, 0.29) is 11.3 Å². The zero-order valence-electron chi connectivity index (χ0n) is 11.9. The van der Waals surface area contributed by atoms with Crippen LogP contribution in [0.5, 0.6) is 11.5 Å². The molecule has 2 aromatic rings. The third-order valence-corrected chi connectivity index (χ3v) is 3.45. The largest absolute Gasteiger partial charge is 0.454 e. The number of carbonyl (C=O) groups is 1. The maximum Gasteiger partial charge on any atom is 0.259 e. The van der Waals surface area contributed by atoms with E-state index in [1.54, 1.807) is 0 Å². The van der Waals surface area contributed by atoms with Crippen LogP contribution in [-0.4, -0.2) is 5.91 Å². The number of rotatable bonds is 0. The fraction of sp³-hybridized carbons (Fsp3) is 0.235. The molecule has 2 aromatic carbocycles. The summed E-state index contributed by atoms with van der Waals surface area (Å²) in [6.07, 6.45) is 0. The first-order chi connectivity index (χ1) is 9.45. The third kappa shape index (κ3) is 2.16. The van der Waals surface area contributed by atoms with Crippen molar-refractivity contribution in [1.82, 2.24) is 0 Å². The summed E-state index contributed by atoms with van der Waals surface area (Å²) in [5.74, 6) is 1.14. The molecule has 20 heavy (non-hydrogen) atoms. The molecule has 0 saturated heterocycles. The first-order valence-electron chi connectivity index (χ1n) is 6.68. The number of nitrogens with one attached hydrogen (secondary N) is 1. The van der Waals surface area contributed by atoms with Crippen LogP contribution < -0.4 is 10.1 Å². The Kier molecular flexibility index (Phi) is 2.78. The van der Waals surface area contributed by atoms with Crippen molar-refractivity contribution in [3.63, 3.8) is 0 Å². The maximum absolute atomic E-state index is 12.4. The fourth-order valence-electron chi connectivity index (χ4n) is 2.23. The quantitative estimate of drug-likeness (QED) is 0.771. The smallest absolute Gasteiger partial charge is 0.259 e. The molecule has 0 unspecified atom stereocenters. The van der Waals surface area contributed by atoms with Crippen LogP contribution in [0.4, 0.5) is 5.69 Å². The SMILES string of the molecule is CC(C)(C)c1ccc2c(c1)C(=O)Nc1ccccc1O2. The molecule has 1 N–H and O–H groups in total. The second-order valence-electron chi connectivity index (χ2n) is 6.01. The standard InChI is InChI=1S/C17H17NO2/c1-17(2,3)11-8-9-14-12(10-11)16(19)18-13-6-4-5-7-15(13)20-14/h4-10H,1-3H3,(H,18,19). The van der Waals surface area contributed by atoms with E-state index in [2.05, 4.69) is 26.1 Å². The molecular formula is C17H17NO2. The molecule has 0 aromatic heterocycles. The lowest BCUT2D eigenvalue weighted by molar-refractivity contribution is 0.102. The van der Waals surface area contributed by atoms with Crippen molar-refractivity contribution in [3.8, 4) is 11.5 Å². The van der Waals surface area contributed by atoms with Crippen LogP contribution in [0.25, 0.3) is 0 Å². The van der Waals surface area contributed by atoms with Crippen LogP contribution in [0.3, 0.4) is 0 Å². The molecule has 102 valence electrons. The molecule has 1 amide bonds. The normalized spacial score (nSPS) is 13.7. The Morgan fingerprint density at radius 3 is 2.50 bits per heavy atom. The van der Waals surface area contributed by atoms with Gasteiger partial charge in [-0.15, -0.1) is 0 Å². The second-order valence-corrected chi connectivity index (χ2v) is 6.01. The summed E-state index contributed by atoms with van der Waals surface area (Å²) < 4.78 is 5.86. The molecule has 3 heteroatoms. The molecule has 0 bridgehead atoms. The van der Waals surface area contributed by atoms with E-state index in [1.165, 1.54) is 0 Å². The molecule has 1 heterocycles. The molecular weight excluding hydrogens is 250 g/mol. The summed E-state index contributed by atoms with van der Waals surface area (Å²) in [5, 5.41) is 2.89. The van der Waals surface area contributed by atoms with Crippen LogP contribution in [0.2, 0.25) is 0 Å². The summed E-state index contributed by atoms with van der Waals surface area (Å²) in [6, 6.07) is 13.2. The lowest BCUT2D eigenvalue weighted by atomic mass is 9.86. The van der Waals surface area contributed by atoms with E-state index >= 15 is 0 Å². The molecule has 0 fully saturated rings. The summed E-state index contributed by atoms with van der Waals surface area (Å²) in [4.78, 5) is 12.4. The minimum Gasteiger partial charge on any atom is -0.454 e. The number of para-hydroxylation sites is 2. The van der Waals surface area contributed by atoms with Crippen LogP contribution in [0.1, 0.15) is 36.7 Å². The number of amides is 1. The maximum atomic E-state index is 12.4. The van der Waals surface area contributed by atoms with Gasteiger partial charge in [0.25, 0.3) is 5.91 Å². The van der Waals surface area contributed by atoms with Crippen molar-refractivity contribution in [1.29, 1.82) is 0 Å². The summed E-state index contributed by atoms with van der Waals surface area (Å²) in [7, 11) is 0. The van der Waals surface area contributed by atoms with Crippen LogP contribution in [0.15, 0.2) is 42.5 Å². The zero-order valence-corrected chi connectivity index (χ0v) is 11.9. The third-order valence-electron chi connectivity index (χ3n) is 3.45. The highest BCUT2D eigenvalue weighted by Gasteiger charge is 2.23. The Morgan fingerprint density at radius 2 is 1.75 bits per heavy atom. The van der Waals surface area contributed by atoms with Gasteiger partial charge in [0.1, 0.15) is 5.75 Å². The predicted molar refractivity (Wildman–Crippen MR) is 79.6 cm³/mol. The fourth-order valence-corrected chi connectivity index (χ4v) is 2.23. The average molecular weight is 267 g/mol. The molecule has 0 saturated carbocycles. The molecule has 0 atom stereocenters. The van der Waals surface area contributed by atoms with Gasteiger partial charge in [0, 0.05) is 0 Å². The van der Waals surface area contributed by atoms with Gasteiger partial charge in [0.05, 0.1) is 11.3 Å². The Bertz CT molecular complexity index is 684. The van der Waals surface area contributed by atoms with E-state index in [1.807, 2.05) is 42.5 Å². The lowest BCUT2D eigenvalue weighted by Gasteiger charge is -2.20. The summed E-state index contributed by atoms with van der Waals surface area (Å²) in [6.45, 7) is 6.37. The van der Waals surface area contributed by atoms with Crippen LogP contribution in [0, 0.1) is 0 Å². The first kappa shape index (κ1) is 12.7. The number of ether oxygens (including phenoxy) is 1. The van der Waals surface area contributed by atoms with Gasteiger partial charge in [-0.25, -0.2) is 0 Å². The van der Waals surface area contributed by atoms with Gasteiger partial charge in [0.2, 0.25) is 0 Å². The highest BCUT2D eigenvalue weighted by atomic mass is 16.5. The van der Waals surface area contributed by atoms with Crippen molar-refractivity contribution < 1.29 is 9.53 Å². The molecule has 0 aliphatic carbocycles. The van der Waals surface area contributed by atoms with Gasteiger partial charge in [-0.2, -0.15) is 0 Å². The van der Waals surface area contributed by atoms with Crippen molar-refractivity contribution in [2.75, 3.05) is 5.32 Å². The number of fused-ring (bicyclic) bond motifs is 2. The topological polar surface area (TPSA) is 38.3 Å². The Hall–Kier alpha value is -2.29.